The molecule has 0 unspecified atom stereocenters. The van der Waals surface area contributed by atoms with Gasteiger partial charge >= 0.3 is 0 Å². The zero-order valence-electron chi connectivity index (χ0n) is 4.63. The van der Waals surface area contributed by atoms with E-state index in [-0.39, 0.29) is 0 Å². The van der Waals surface area contributed by atoms with Crippen molar-refractivity contribution in [3.05, 3.63) is 18.1 Å². The lowest BCUT2D eigenvalue weighted by Crippen LogP contribution is -1.95. The van der Waals surface area contributed by atoms with Gasteiger partial charge in [-0.1, -0.05) is 5.16 Å². The van der Waals surface area contributed by atoms with Crippen molar-refractivity contribution in [3.8, 4) is 5.75 Å². The molecule has 0 saturated carbocycles. The molecular formula is C6H4NO2. The molecule has 2 rings (SSSR count). The third kappa shape index (κ3) is 0.614. The molecule has 0 aromatic carbocycles. The maximum Gasteiger partial charge on any atom is 0.199 e. The minimum absolute atomic E-state index is 0.613. The molecule has 0 fully saturated rings. The molecule has 1 aliphatic heterocycles. The van der Waals surface area contributed by atoms with Crippen molar-refractivity contribution in [2.75, 3.05) is 0 Å². The van der Waals surface area contributed by atoms with E-state index in [1.165, 1.54) is 0 Å². The van der Waals surface area contributed by atoms with Crippen LogP contribution in [-0.4, -0.2) is 6.21 Å². The number of hydrogen-bond donors (Lipinski definition) is 0. The van der Waals surface area contributed by atoms with Gasteiger partial charge in [0.15, 0.2) is 11.5 Å². The van der Waals surface area contributed by atoms with E-state index < -0.39 is 0 Å². The minimum atomic E-state index is 0.613. The Bertz CT molecular complexity index is 216. The Hall–Kier alpha value is -1.25. The van der Waals surface area contributed by atoms with Crippen LogP contribution in [0, 0.1) is 0 Å². The van der Waals surface area contributed by atoms with Gasteiger partial charge in [0.1, 0.15) is 6.21 Å². The molecule has 1 radical (unpaired) electrons. The third-order valence-corrected chi connectivity index (χ3v) is 1.15. The molecule has 3 heteroatoms. The summed E-state index contributed by atoms with van der Waals surface area (Å²) in [5.74, 6) is 1.50. The van der Waals surface area contributed by atoms with Crippen LogP contribution in [0.15, 0.2) is 21.9 Å². The second-order valence-corrected chi connectivity index (χ2v) is 1.73. The minimum Gasteiger partial charge on any atom is -0.465 e. The van der Waals surface area contributed by atoms with Crippen LogP contribution in [0.4, 0.5) is 0 Å². The first-order valence-corrected chi connectivity index (χ1v) is 2.63. The molecule has 1 aromatic heterocycles. The van der Waals surface area contributed by atoms with Crippen LogP contribution >= 0.6 is 0 Å². The molecule has 0 N–H and O–H groups in total. The molecule has 45 valence electrons. The van der Waals surface area contributed by atoms with Crippen molar-refractivity contribution >= 4 is 6.21 Å². The van der Waals surface area contributed by atoms with Crippen LogP contribution in [0.3, 0.4) is 0 Å². The van der Waals surface area contributed by atoms with E-state index in [4.69, 9.17) is 9.25 Å². The predicted molar refractivity (Wildman–Crippen MR) is 30.5 cm³/mol. The zero-order valence-corrected chi connectivity index (χ0v) is 4.63. The molecule has 0 aliphatic carbocycles. The van der Waals surface area contributed by atoms with Gasteiger partial charge in [-0.3, -0.25) is 0 Å². The number of nitrogens with zero attached hydrogens (tertiary/aromatic N) is 1. The van der Waals surface area contributed by atoms with Crippen molar-refractivity contribution in [2.24, 2.45) is 5.16 Å². The molecule has 0 saturated heterocycles. The van der Waals surface area contributed by atoms with Gasteiger partial charge in [-0.05, 0) is 0 Å². The Balaban J connectivity index is 2.46. The topological polar surface area (TPSA) is 34.7 Å². The summed E-state index contributed by atoms with van der Waals surface area (Å²) in [7, 11) is 0. The van der Waals surface area contributed by atoms with E-state index in [9.17, 15) is 0 Å². The lowest BCUT2D eigenvalue weighted by atomic mass is 10.3. The molecule has 2 heterocycles. The van der Waals surface area contributed by atoms with E-state index >= 15 is 0 Å². The van der Waals surface area contributed by atoms with Crippen LogP contribution in [0.2, 0.25) is 0 Å². The molecule has 0 spiro atoms. The normalized spacial score (nSPS) is 14.7. The first-order valence-electron chi connectivity index (χ1n) is 2.63. The van der Waals surface area contributed by atoms with Crippen molar-refractivity contribution in [1.82, 2.24) is 0 Å². The molecule has 0 amide bonds. The Morgan fingerprint density at radius 1 is 1.67 bits per heavy atom. The summed E-state index contributed by atoms with van der Waals surface area (Å²) < 4.78 is 5.01. The van der Waals surface area contributed by atoms with Gasteiger partial charge in [0, 0.05) is 6.07 Å². The molecule has 1 aliphatic rings. The lowest BCUT2D eigenvalue weighted by molar-refractivity contribution is 0.322. The molecule has 1 aromatic rings. The van der Waals surface area contributed by atoms with Crippen LogP contribution in [0.1, 0.15) is 5.76 Å². The standard InChI is InChI=1S/C6H4NO2/c1-3-7-9-6-2-4-8-5(1)6/h2,4H,1H2. The van der Waals surface area contributed by atoms with Crippen LogP contribution < -0.4 is 4.84 Å². The lowest BCUT2D eigenvalue weighted by Gasteiger charge is -1.99. The predicted octanol–water partition coefficient (Wildman–Crippen LogP) is 1.08. The van der Waals surface area contributed by atoms with Gasteiger partial charge in [0.25, 0.3) is 0 Å². The fraction of sp³-hybridized carbons (Fsp3) is 0.167. The third-order valence-electron chi connectivity index (χ3n) is 1.15. The number of fused-ring (bicyclic) bond motifs is 1. The van der Waals surface area contributed by atoms with Gasteiger partial charge < -0.3 is 9.25 Å². The highest BCUT2D eigenvalue weighted by Gasteiger charge is 2.09. The van der Waals surface area contributed by atoms with Crippen LogP contribution in [0.5, 0.6) is 5.75 Å². The monoisotopic (exact) mass is 122 g/mol. The average molecular weight is 122 g/mol. The van der Waals surface area contributed by atoms with Gasteiger partial charge in [0.05, 0.1) is 12.7 Å². The molecule has 0 atom stereocenters. The van der Waals surface area contributed by atoms with E-state index in [0.717, 1.165) is 5.76 Å². The Morgan fingerprint density at radius 2 is 2.67 bits per heavy atom. The second kappa shape index (κ2) is 1.62. The molecule has 3 nitrogen and oxygen atoms in total. The van der Waals surface area contributed by atoms with Gasteiger partial charge in [0.2, 0.25) is 0 Å². The average Bonchev–Trinajstić information content (AvgIpc) is 2.33. The molecule has 0 bridgehead atoms. The smallest absolute Gasteiger partial charge is 0.199 e. The Morgan fingerprint density at radius 3 is 3.56 bits per heavy atom. The van der Waals surface area contributed by atoms with Gasteiger partial charge in [-0.2, -0.15) is 0 Å². The summed E-state index contributed by atoms with van der Waals surface area (Å²) in [6.07, 6.45) is 4.83. The van der Waals surface area contributed by atoms with Crippen LogP contribution in [-0.2, 0) is 6.42 Å². The highest BCUT2D eigenvalue weighted by atomic mass is 16.6. The molecular weight excluding hydrogens is 118 g/mol. The summed E-state index contributed by atoms with van der Waals surface area (Å²) in [4.78, 5) is 4.78. The molecule has 9 heavy (non-hydrogen) atoms. The van der Waals surface area contributed by atoms with E-state index in [1.54, 1.807) is 12.3 Å². The van der Waals surface area contributed by atoms with Crippen molar-refractivity contribution in [3.63, 3.8) is 0 Å². The first-order chi connectivity index (χ1) is 4.47. The highest BCUT2D eigenvalue weighted by molar-refractivity contribution is 5.62. The fourth-order valence-corrected chi connectivity index (χ4v) is 0.725. The van der Waals surface area contributed by atoms with E-state index in [0.29, 0.717) is 12.2 Å². The van der Waals surface area contributed by atoms with E-state index in [1.807, 2.05) is 0 Å². The maximum absolute atomic E-state index is 5.01. The summed E-state index contributed by atoms with van der Waals surface area (Å²) in [5.41, 5.74) is 0. The van der Waals surface area contributed by atoms with E-state index in [2.05, 4.69) is 11.4 Å². The Kier molecular flexibility index (Phi) is 0.828. The second-order valence-electron chi connectivity index (χ2n) is 1.73. The largest absolute Gasteiger partial charge is 0.465 e. The van der Waals surface area contributed by atoms with Gasteiger partial charge in [-0.25, -0.2) is 0 Å². The van der Waals surface area contributed by atoms with Crippen molar-refractivity contribution in [1.29, 1.82) is 0 Å². The van der Waals surface area contributed by atoms with Gasteiger partial charge in [-0.15, -0.1) is 0 Å². The quantitative estimate of drug-likeness (QED) is 0.516. The summed E-state index contributed by atoms with van der Waals surface area (Å²) in [5, 5.41) is 3.48. The SMILES string of the molecule is [C]1=NOc2ccoc2C1. The van der Waals surface area contributed by atoms with Crippen molar-refractivity contribution in [2.45, 2.75) is 6.42 Å². The maximum atomic E-state index is 5.01. The van der Waals surface area contributed by atoms with Crippen LogP contribution in [0.25, 0.3) is 0 Å². The Labute approximate surface area is 51.9 Å². The fourth-order valence-electron chi connectivity index (χ4n) is 0.725. The summed E-state index contributed by atoms with van der Waals surface area (Å²) in [6, 6.07) is 1.74. The highest BCUT2D eigenvalue weighted by Crippen LogP contribution is 2.21. The number of rotatable bonds is 0. The number of hydrogen-bond acceptors (Lipinski definition) is 3. The van der Waals surface area contributed by atoms with Crippen molar-refractivity contribution < 1.29 is 9.25 Å². The first kappa shape index (κ1) is 4.61. The summed E-state index contributed by atoms with van der Waals surface area (Å²) >= 11 is 0. The number of furan rings is 1. The summed E-state index contributed by atoms with van der Waals surface area (Å²) in [6.45, 7) is 0. The zero-order chi connectivity index (χ0) is 6.10.